The zero-order valence-electron chi connectivity index (χ0n) is 14.2. The van der Waals surface area contributed by atoms with E-state index in [9.17, 15) is 23.1 Å². The average molecular weight is 388 g/mol. The quantitative estimate of drug-likeness (QED) is 0.772. The van der Waals surface area contributed by atoms with Crippen molar-refractivity contribution in [3.63, 3.8) is 0 Å². The van der Waals surface area contributed by atoms with Gasteiger partial charge in [-0.3, -0.25) is 4.79 Å². The normalized spacial score (nSPS) is 15.1. The van der Waals surface area contributed by atoms with E-state index < -0.39 is 39.9 Å². The molecule has 1 amide bonds. The molecule has 140 valence electrons. The van der Waals surface area contributed by atoms with Crippen molar-refractivity contribution in [3.05, 3.63) is 65.9 Å². The number of amides is 1. The minimum Gasteiger partial charge on any atom is -0.505 e. The summed E-state index contributed by atoms with van der Waals surface area (Å²) in [5, 5.41) is 13.0. The Bertz CT molecular complexity index is 1030. The van der Waals surface area contributed by atoms with Crippen molar-refractivity contribution in [1.82, 2.24) is 4.31 Å². The van der Waals surface area contributed by atoms with Crippen LogP contribution in [0.25, 0.3) is 5.76 Å². The van der Waals surface area contributed by atoms with Gasteiger partial charge in [-0.25, -0.2) is 17.5 Å². The van der Waals surface area contributed by atoms with Crippen molar-refractivity contribution in [3.8, 4) is 0 Å². The number of carbonyl (C=O) groups is 2. The minimum absolute atomic E-state index is 0.0300. The molecule has 2 aromatic carbocycles. The van der Waals surface area contributed by atoms with Gasteiger partial charge < -0.3 is 15.2 Å². The number of hydrogen-bond donors (Lipinski definition) is 2. The van der Waals surface area contributed by atoms with E-state index in [0.29, 0.717) is 9.99 Å². The first kappa shape index (κ1) is 18.5. The highest BCUT2D eigenvalue weighted by Crippen LogP contribution is 2.35. The van der Waals surface area contributed by atoms with Gasteiger partial charge in [0.1, 0.15) is 6.54 Å². The molecule has 0 bridgehead atoms. The first-order valence-corrected chi connectivity index (χ1v) is 9.29. The fraction of sp³-hybridized carbons (Fsp3) is 0.111. The molecule has 3 rings (SSSR count). The van der Waals surface area contributed by atoms with Gasteiger partial charge in [0.15, 0.2) is 11.5 Å². The maximum atomic E-state index is 13.0. The highest BCUT2D eigenvalue weighted by molar-refractivity contribution is 7.89. The lowest BCUT2D eigenvalue weighted by Gasteiger charge is -2.30. The first-order valence-electron chi connectivity index (χ1n) is 7.85. The van der Waals surface area contributed by atoms with Crippen LogP contribution in [-0.2, 0) is 24.3 Å². The Balaban J connectivity index is 2.03. The number of methoxy groups -OCH3 is 1. The lowest BCUT2D eigenvalue weighted by Crippen LogP contribution is -2.42. The van der Waals surface area contributed by atoms with Gasteiger partial charge in [-0.1, -0.05) is 30.3 Å². The van der Waals surface area contributed by atoms with Gasteiger partial charge >= 0.3 is 5.97 Å². The number of anilines is 1. The number of nitrogens with one attached hydrogen (secondary N) is 1. The number of esters is 1. The van der Waals surface area contributed by atoms with Crippen LogP contribution < -0.4 is 5.32 Å². The average Bonchev–Trinajstić information content (AvgIpc) is 2.67. The summed E-state index contributed by atoms with van der Waals surface area (Å²) < 4.78 is 31.1. The fourth-order valence-corrected chi connectivity index (χ4v) is 4.30. The van der Waals surface area contributed by atoms with Gasteiger partial charge in [0.2, 0.25) is 5.91 Å². The van der Waals surface area contributed by atoms with Gasteiger partial charge in [-0.05, 0) is 24.3 Å². The highest BCUT2D eigenvalue weighted by Gasteiger charge is 2.41. The van der Waals surface area contributed by atoms with Gasteiger partial charge in [0, 0.05) is 11.3 Å². The molecular formula is C18H16N2O6S. The molecule has 2 aromatic rings. The molecule has 0 fully saturated rings. The number of para-hydroxylation sites is 1. The molecule has 8 nitrogen and oxygen atoms in total. The van der Waals surface area contributed by atoms with E-state index >= 15 is 0 Å². The van der Waals surface area contributed by atoms with Crippen LogP contribution in [0.3, 0.4) is 0 Å². The van der Waals surface area contributed by atoms with Crippen molar-refractivity contribution in [2.75, 3.05) is 19.0 Å². The molecule has 0 saturated heterocycles. The summed E-state index contributed by atoms with van der Waals surface area (Å²) in [6.07, 6.45) is 0. The van der Waals surface area contributed by atoms with Crippen molar-refractivity contribution in [1.29, 1.82) is 0 Å². The smallest absolute Gasteiger partial charge is 0.359 e. The summed E-state index contributed by atoms with van der Waals surface area (Å²) in [7, 11) is -3.20. The lowest BCUT2D eigenvalue weighted by molar-refractivity contribution is -0.137. The van der Waals surface area contributed by atoms with Crippen LogP contribution in [0, 0.1) is 0 Å². The Labute approximate surface area is 155 Å². The van der Waals surface area contributed by atoms with Crippen molar-refractivity contribution < 1.29 is 27.9 Å². The second-order valence-electron chi connectivity index (χ2n) is 5.61. The molecule has 1 aliphatic heterocycles. The third kappa shape index (κ3) is 3.36. The summed E-state index contributed by atoms with van der Waals surface area (Å²) in [5.41, 5.74) is -0.179. The molecule has 0 unspecified atom stereocenters. The second kappa shape index (κ2) is 7.12. The number of benzene rings is 2. The SMILES string of the molecule is COC(=O)C1=C(O)c2ccccc2S(=O)(=O)N1CC(=O)Nc1ccccc1. The van der Waals surface area contributed by atoms with Crippen molar-refractivity contribution >= 4 is 33.3 Å². The number of carbonyl (C=O) groups excluding carboxylic acids is 2. The summed E-state index contributed by atoms with van der Waals surface area (Å²) in [6, 6.07) is 14.1. The number of ether oxygens (including phenoxy) is 1. The van der Waals surface area contributed by atoms with Gasteiger partial charge in [-0.15, -0.1) is 0 Å². The maximum Gasteiger partial charge on any atom is 0.359 e. The molecule has 1 aliphatic rings. The summed E-state index contributed by atoms with van der Waals surface area (Å²) in [5.74, 6) is -2.32. The zero-order valence-corrected chi connectivity index (χ0v) is 15.1. The summed E-state index contributed by atoms with van der Waals surface area (Å²) in [4.78, 5) is 24.3. The monoisotopic (exact) mass is 388 g/mol. The van der Waals surface area contributed by atoms with E-state index in [1.54, 1.807) is 30.3 Å². The Morgan fingerprint density at radius 2 is 1.70 bits per heavy atom. The van der Waals surface area contributed by atoms with E-state index in [2.05, 4.69) is 10.1 Å². The third-order valence-electron chi connectivity index (χ3n) is 3.91. The third-order valence-corrected chi connectivity index (χ3v) is 5.71. The van der Waals surface area contributed by atoms with Gasteiger partial charge in [0.05, 0.1) is 12.0 Å². The number of hydrogen-bond acceptors (Lipinski definition) is 6. The highest BCUT2D eigenvalue weighted by atomic mass is 32.2. The Hall–Kier alpha value is -3.33. The van der Waals surface area contributed by atoms with Crippen LogP contribution in [0.5, 0.6) is 0 Å². The number of fused-ring (bicyclic) bond motifs is 1. The van der Waals surface area contributed by atoms with Crippen LogP contribution in [0.4, 0.5) is 5.69 Å². The molecule has 2 N–H and O–H groups in total. The maximum absolute atomic E-state index is 13.0. The number of nitrogens with zero attached hydrogens (tertiary/aromatic N) is 1. The Morgan fingerprint density at radius 1 is 1.07 bits per heavy atom. The van der Waals surface area contributed by atoms with Crippen LogP contribution in [0.1, 0.15) is 5.56 Å². The molecule has 1 heterocycles. The topological polar surface area (TPSA) is 113 Å². The molecule has 0 spiro atoms. The van der Waals surface area contributed by atoms with Crippen molar-refractivity contribution in [2.24, 2.45) is 0 Å². The molecular weight excluding hydrogens is 372 g/mol. The van der Waals surface area contributed by atoms with E-state index in [-0.39, 0.29) is 10.5 Å². The molecule has 27 heavy (non-hydrogen) atoms. The van der Waals surface area contributed by atoms with Crippen LogP contribution >= 0.6 is 0 Å². The molecule has 9 heteroatoms. The predicted molar refractivity (Wildman–Crippen MR) is 97.0 cm³/mol. The summed E-state index contributed by atoms with van der Waals surface area (Å²) in [6.45, 7) is -0.708. The van der Waals surface area contributed by atoms with Crippen molar-refractivity contribution in [2.45, 2.75) is 4.90 Å². The summed E-state index contributed by atoms with van der Waals surface area (Å²) >= 11 is 0. The number of rotatable bonds is 4. The first-order chi connectivity index (χ1) is 12.9. The van der Waals surface area contributed by atoms with Crippen LogP contribution in [0.15, 0.2) is 65.2 Å². The fourth-order valence-electron chi connectivity index (χ4n) is 2.68. The van der Waals surface area contributed by atoms with E-state index in [0.717, 1.165) is 7.11 Å². The molecule has 0 saturated carbocycles. The van der Waals surface area contributed by atoms with Crippen LogP contribution in [0.2, 0.25) is 0 Å². The number of sulfonamides is 1. The molecule has 0 aromatic heterocycles. The predicted octanol–water partition coefficient (Wildman–Crippen LogP) is 1.73. The van der Waals surface area contributed by atoms with E-state index in [1.807, 2.05) is 0 Å². The van der Waals surface area contributed by atoms with Gasteiger partial charge in [-0.2, -0.15) is 0 Å². The lowest BCUT2D eigenvalue weighted by atomic mass is 10.1. The zero-order chi connectivity index (χ0) is 19.6. The number of aliphatic hydroxyl groups excluding tert-OH is 1. The van der Waals surface area contributed by atoms with Gasteiger partial charge in [0.25, 0.3) is 10.0 Å². The Kier molecular flexibility index (Phi) is 4.87. The van der Waals surface area contributed by atoms with E-state index in [4.69, 9.17) is 0 Å². The second-order valence-corrected chi connectivity index (χ2v) is 7.44. The molecule has 0 atom stereocenters. The number of aliphatic hydroxyl groups is 1. The largest absolute Gasteiger partial charge is 0.505 e. The molecule has 0 radical (unpaired) electrons. The Morgan fingerprint density at radius 3 is 2.37 bits per heavy atom. The standard InChI is InChI=1S/C18H16N2O6S/c1-26-18(23)16-17(22)13-9-5-6-10-14(13)27(24,25)20(16)11-15(21)19-12-7-3-2-4-8-12/h2-10,22H,11H2,1H3,(H,19,21). The minimum atomic E-state index is -4.25. The van der Waals surface area contributed by atoms with E-state index in [1.165, 1.54) is 24.3 Å². The van der Waals surface area contributed by atoms with Crippen LogP contribution in [-0.4, -0.2) is 43.4 Å². The molecule has 0 aliphatic carbocycles.